The van der Waals surface area contributed by atoms with Crippen molar-refractivity contribution in [3.63, 3.8) is 0 Å². The molecule has 1 aromatic heterocycles. The fourth-order valence-electron chi connectivity index (χ4n) is 2.16. The Morgan fingerprint density at radius 2 is 2.12 bits per heavy atom. The lowest BCUT2D eigenvalue weighted by atomic mass is 9.98. The van der Waals surface area contributed by atoms with Crippen molar-refractivity contribution < 1.29 is 14.3 Å². The van der Waals surface area contributed by atoms with Crippen molar-refractivity contribution in [1.29, 1.82) is 0 Å². The SMILES string of the molecule is CC[C@@H](C)c1ccccc1OCC(=O)Nc1nc(CC(N)=O)cs1. The third-order valence-electron chi connectivity index (χ3n) is 3.57. The molecule has 0 saturated carbocycles. The van der Waals surface area contributed by atoms with E-state index < -0.39 is 5.91 Å². The number of para-hydroxylation sites is 1. The molecule has 0 saturated heterocycles. The third-order valence-corrected chi connectivity index (χ3v) is 4.38. The van der Waals surface area contributed by atoms with Crippen LogP contribution < -0.4 is 15.8 Å². The molecule has 1 aromatic carbocycles. The second kappa shape index (κ2) is 8.44. The minimum Gasteiger partial charge on any atom is -0.483 e. The van der Waals surface area contributed by atoms with E-state index in [1.165, 1.54) is 11.3 Å². The number of hydrogen-bond acceptors (Lipinski definition) is 5. The smallest absolute Gasteiger partial charge is 0.264 e. The van der Waals surface area contributed by atoms with Crippen LogP contribution in [0, 0.1) is 0 Å². The Hall–Kier alpha value is -2.41. The van der Waals surface area contributed by atoms with E-state index in [-0.39, 0.29) is 18.9 Å². The third kappa shape index (κ3) is 5.06. The fourth-order valence-corrected chi connectivity index (χ4v) is 2.89. The molecule has 24 heavy (non-hydrogen) atoms. The van der Waals surface area contributed by atoms with Gasteiger partial charge in [-0.1, -0.05) is 32.0 Å². The fraction of sp³-hybridized carbons (Fsp3) is 0.353. The van der Waals surface area contributed by atoms with Gasteiger partial charge >= 0.3 is 0 Å². The maximum absolute atomic E-state index is 12.0. The minimum atomic E-state index is -0.455. The minimum absolute atomic E-state index is 0.0607. The van der Waals surface area contributed by atoms with E-state index in [9.17, 15) is 9.59 Å². The van der Waals surface area contributed by atoms with Crippen LogP contribution in [0.3, 0.4) is 0 Å². The second-order valence-electron chi connectivity index (χ2n) is 5.47. The molecule has 0 spiro atoms. The summed E-state index contributed by atoms with van der Waals surface area (Å²) in [6.45, 7) is 4.14. The van der Waals surface area contributed by atoms with E-state index in [1.54, 1.807) is 5.38 Å². The maximum Gasteiger partial charge on any atom is 0.264 e. The molecule has 0 aliphatic heterocycles. The molecule has 7 heteroatoms. The van der Waals surface area contributed by atoms with Crippen LogP contribution in [0.15, 0.2) is 29.6 Å². The molecular formula is C17H21N3O3S. The summed E-state index contributed by atoms with van der Waals surface area (Å²) >= 11 is 1.25. The van der Waals surface area contributed by atoms with Gasteiger partial charge in [-0.3, -0.25) is 14.9 Å². The zero-order valence-electron chi connectivity index (χ0n) is 13.7. The lowest BCUT2D eigenvalue weighted by molar-refractivity contribution is -0.118. The summed E-state index contributed by atoms with van der Waals surface area (Å²) in [6, 6.07) is 7.72. The van der Waals surface area contributed by atoms with E-state index in [2.05, 4.69) is 24.1 Å². The zero-order chi connectivity index (χ0) is 17.5. The molecule has 2 amide bonds. The highest BCUT2D eigenvalue weighted by atomic mass is 32.1. The lowest BCUT2D eigenvalue weighted by Crippen LogP contribution is -2.20. The average molecular weight is 347 g/mol. The number of aromatic nitrogens is 1. The van der Waals surface area contributed by atoms with Crippen molar-refractivity contribution in [3.05, 3.63) is 40.9 Å². The van der Waals surface area contributed by atoms with Crippen molar-refractivity contribution in [1.82, 2.24) is 4.98 Å². The molecule has 0 fully saturated rings. The molecule has 1 atom stereocenters. The number of rotatable bonds is 8. The van der Waals surface area contributed by atoms with Crippen LogP contribution in [0.5, 0.6) is 5.75 Å². The summed E-state index contributed by atoms with van der Waals surface area (Å²) in [7, 11) is 0. The van der Waals surface area contributed by atoms with Crippen molar-refractivity contribution in [2.75, 3.05) is 11.9 Å². The number of nitrogens with one attached hydrogen (secondary N) is 1. The van der Waals surface area contributed by atoms with E-state index in [0.717, 1.165) is 17.7 Å². The van der Waals surface area contributed by atoms with Crippen LogP contribution in [-0.4, -0.2) is 23.4 Å². The molecule has 128 valence electrons. The van der Waals surface area contributed by atoms with Gasteiger partial charge in [0.2, 0.25) is 5.91 Å². The van der Waals surface area contributed by atoms with Gasteiger partial charge in [0.25, 0.3) is 5.91 Å². The number of nitrogens with zero attached hydrogens (tertiary/aromatic N) is 1. The molecule has 0 radical (unpaired) electrons. The van der Waals surface area contributed by atoms with Crippen molar-refractivity contribution in [3.8, 4) is 5.75 Å². The van der Waals surface area contributed by atoms with Gasteiger partial charge in [-0.05, 0) is 24.0 Å². The number of hydrogen-bond donors (Lipinski definition) is 2. The molecular weight excluding hydrogens is 326 g/mol. The number of ether oxygens (including phenoxy) is 1. The topological polar surface area (TPSA) is 94.3 Å². The van der Waals surface area contributed by atoms with Gasteiger partial charge in [0.15, 0.2) is 11.7 Å². The van der Waals surface area contributed by atoms with Crippen LogP contribution in [0.25, 0.3) is 0 Å². The monoisotopic (exact) mass is 347 g/mol. The Bertz CT molecular complexity index is 715. The van der Waals surface area contributed by atoms with Gasteiger partial charge in [0.1, 0.15) is 5.75 Å². The quantitative estimate of drug-likeness (QED) is 0.767. The summed E-state index contributed by atoms with van der Waals surface area (Å²) in [6.07, 6.45) is 1.06. The zero-order valence-corrected chi connectivity index (χ0v) is 14.6. The summed E-state index contributed by atoms with van der Waals surface area (Å²) in [4.78, 5) is 27.0. The first-order valence-corrected chi connectivity index (χ1v) is 8.61. The van der Waals surface area contributed by atoms with Gasteiger partial charge in [0.05, 0.1) is 12.1 Å². The van der Waals surface area contributed by atoms with Gasteiger partial charge in [0, 0.05) is 5.38 Å². The van der Waals surface area contributed by atoms with Gasteiger partial charge in [-0.25, -0.2) is 4.98 Å². The molecule has 0 bridgehead atoms. The highest BCUT2D eigenvalue weighted by molar-refractivity contribution is 7.13. The highest BCUT2D eigenvalue weighted by Gasteiger charge is 2.12. The van der Waals surface area contributed by atoms with Crippen LogP contribution in [0.2, 0.25) is 0 Å². The Morgan fingerprint density at radius 3 is 2.83 bits per heavy atom. The molecule has 2 rings (SSSR count). The number of thiazole rings is 1. The molecule has 0 aliphatic rings. The van der Waals surface area contributed by atoms with Gasteiger partial charge in [-0.2, -0.15) is 0 Å². The first kappa shape index (κ1) is 17.9. The Balaban J connectivity index is 1.92. The summed E-state index contributed by atoms with van der Waals surface area (Å²) in [5.41, 5.74) is 6.75. The summed E-state index contributed by atoms with van der Waals surface area (Å²) in [5.74, 6) is 0.326. The molecule has 0 aliphatic carbocycles. The van der Waals surface area contributed by atoms with Gasteiger partial charge < -0.3 is 10.5 Å². The number of nitrogens with two attached hydrogens (primary N) is 1. The molecule has 2 aromatic rings. The normalized spacial score (nSPS) is 11.8. The number of carbonyl (C=O) groups is 2. The summed E-state index contributed by atoms with van der Waals surface area (Å²) < 4.78 is 5.66. The predicted octanol–water partition coefficient (Wildman–Crippen LogP) is 2.70. The maximum atomic E-state index is 12.0. The van der Waals surface area contributed by atoms with E-state index in [1.807, 2.05) is 24.3 Å². The summed E-state index contributed by atoms with van der Waals surface area (Å²) in [5, 5.41) is 4.78. The van der Waals surface area contributed by atoms with Crippen LogP contribution in [0.1, 0.15) is 37.4 Å². The lowest BCUT2D eigenvalue weighted by Gasteiger charge is -2.15. The Kier molecular flexibility index (Phi) is 6.31. The largest absolute Gasteiger partial charge is 0.483 e. The molecule has 6 nitrogen and oxygen atoms in total. The van der Waals surface area contributed by atoms with Crippen LogP contribution in [-0.2, 0) is 16.0 Å². The van der Waals surface area contributed by atoms with Crippen molar-refractivity contribution in [2.45, 2.75) is 32.6 Å². The van der Waals surface area contributed by atoms with Crippen molar-refractivity contribution >= 4 is 28.3 Å². The average Bonchev–Trinajstić information content (AvgIpc) is 2.98. The van der Waals surface area contributed by atoms with E-state index >= 15 is 0 Å². The number of anilines is 1. The first-order chi connectivity index (χ1) is 11.5. The first-order valence-electron chi connectivity index (χ1n) is 7.73. The number of primary amides is 1. The van der Waals surface area contributed by atoms with E-state index in [4.69, 9.17) is 10.5 Å². The molecule has 3 N–H and O–H groups in total. The Labute approximate surface area is 145 Å². The Morgan fingerprint density at radius 1 is 1.38 bits per heavy atom. The van der Waals surface area contributed by atoms with Crippen LogP contribution >= 0.6 is 11.3 Å². The van der Waals surface area contributed by atoms with Crippen molar-refractivity contribution in [2.24, 2.45) is 5.73 Å². The second-order valence-corrected chi connectivity index (χ2v) is 6.33. The highest BCUT2D eigenvalue weighted by Crippen LogP contribution is 2.28. The van der Waals surface area contributed by atoms with E-state index in [0.29, 0.717) is 16.7 Å². The van der Waals surface area contributed by atoms with Gasteiger partial charge in [-0.15, -0.1) is 11.3 Å². The molecule has 0 unspecified atom stereocenters. The number of amides is 2. The standard InChI is InChI=1S/C17H21N3O3S/c1-3-11(2)13-6-4-5-7-14(13)23-9-16(22)20-17-19-12(10-24-17)8-15(18)21/h4-7,10-11H,3,8-9H2,1-2H3,(H2,18,21)(H,19,20,22)/t11-/m1/s1. The molecule has 1 heterocycles. The number of benzene rings is 1. The predicted molar refractivity (Wildman–Crippen MR) is 94.3 cm³/mol. The number of carbonyl (C=O) groups excluding carboxylic acids is 2. The van der Waals surface area contributed by atoms with Crippen LogP contribution in [0.4, 0.5) is 5.13 Å².